The molecule has 0 atom stereocenters. The predicted molar refractivity (Wildman–Crippen MR) is 110 cm³/mol. The highest BCUT2D eigenvalue weighted by atomic mass is 32.1. The number of hydrogen-bond donors (Lipinski definition) is 1. The molecular formula is C20H26N4O3S. The molecular weight excluding hydrogens is 376 g/mol. The molecule has 0 radical (unpaired) electrons. The fourth-order valence-corrected chi connectivity index (χ4v) is 4.66. The number of aryl methyl sites for hydroxylation is 1. The highest BCUT2D eigenvalue weighted by Crippen LogP contribution is 2.35. The maximum absolute atomic E-state index is 12.8. The van der Waals surface area contributed by atoms with Crippen molar-refractivity contribution in [2.45, 2.75) is 40.0 Å². The number of carbonyl (C=O) groups is 2. The van der Waals surface area contributed by atoms with Gasteiger partial charge in [0.05, 0.1) is 12.2 Å². The molecule has 0 aromatic carbocycles. The van der Waals surface area contributed by atoms with Crippen molar-refractivity contribution in [3.05, 3.63) is 34.5 Å². The van der Waals surface area contributed by atoms with Crippen molar-refractivity contribution in [1.29, 1.82) is 0 Å². The van der Waals surface area contributed by atoms with E-state index in [1.54, 1.807) is 25.4 Å². The quantitative estimate of drug-likeness (QED) is 0.745. The highest BCUT2D eigenvalue weighted by Gasteiger charge is 2.29. The minimum atomic E-state index is -0.366. The number of esters is 1. The molecule has 8 heteroatoms. The van der Waals surface area contributed by atoms with Crippen molar-refractivity contribution in [2.24, 2.45) is 5.92 Å². The Morgan fingerprint density at radius 2 is 1.93 bits per heavy atom. The molecule has 1 aliphatic heterocycles. The Kier molecular flexibility index (Phi) is 6.61. The lowest BCUT2D eigenvalue weighted by Crippen LogP contribution is -2.39. The number of nitrogens with zero attached hydrogens (tertiary/aromatic N) is 3. The zero-order valence-electron chi connectivity index (χ0n) is 16.5. The molecule has 0 spiro atoms. The lowest BCUT2D eigenvalue weighted by molar-refractivity contribution is -0.120. The zero-order valence-corrected chi connectivity index (χ0v) is 17.3. The number of amides is 1. The van der Waals surface area contributed by atoms with Gasteiger partial charge in [-0.1, -0.05) is 6.92 Å². The summed E-state index contributed by atoms with van der Waals surface area (Å²) in [4.78, 5) is 37.0. The van der Waals surface area contributed by atoms with E-state index in [2.05, 4.69) is 20.2 Å². The summed E-state index contributed by atoms with van der Waals surface area (Å²) < 4.78 is 5.21. The van der Waals surface area contributed by atoms with E-state index < -0.39 is 0 Å². The molecule has 1 aliphatic rings. The van der Waals surface area contributed by atoms with Gasteiger partial charge in [0.1, 0.15) is 5.00 Å². The van der Waals surface area contributed by atoms with Crippen LogP contribution in [0.5, 0.6) is 0 Å². The van der Waals surface area contributed by atoms with Crippen LogP contribution in [-0.4, -0.2) is 41.5 Å². The van der Waals surface area contributed by atoms with Gasteiger partial charge in [-0.05, 0) is 44.7 Å². The van der Waals surface area contributed by atoms with Gasteiger partial charge in [0.15, 0.2) is 0 Å². The van der Waals surface area contributed by atoms with E-state index in [0.717, 1.165) is 42.8 Å². The van der Waals surface area contributed by atoms with Crippen LogP contribution in [0.3, 0.4) is 0 Å². The van der Waals surface area contributed by atoms with Crippen molar-refractivity contribution >= 4 is 34.2 Å². The van der Waals surface area contributed by atoms with Gasteiger partial charge in [0.2, 0.25) is 11.9 Å². The molecule has 1 amide bonds. The first-order valence-electron chi connectivity index (χ1n) is 9.67. The average molecular weight is 403 g/mol. The Bertz CT molecular complexity index is 829. The molecule has 0 aliphatic carbocycles. The fraction of sp³-hybridized carbons (Fsp3) is 0.500. The van der Waals surface area contributed by atoms with E-state index >= 15 is 0 Å². The van der Waals surface area contributed by atoms with Crippen LogP contribution in [0.25, 0.3) is 0 Å². The summed E-state index contributed by atoms with van der Waals surface area (Å²) in [5, 5.41) is 3.60. The predicted octanol–water partition coefficient (Wildman–Crippen LogP) is 3.44. The van der Waals surface area contributed by atoms with Crippen LogP contribution in [0.15, 0.2) is 18.5 Å². The third-order valence-electron chi connectivity index (χ3n) is 4.98. The molecule has 0 bridgehead atoms. The van der Waals surface area contributed by atoms with Gasteiger partial charge in [-0.3, -0.25) is 4.79 Å². The maximum atomic E-state index is 12.8. The number of aromatic nitrogens is 2. The Labute approximate surface area is 169 Å². The molecule has 150 valence electrons. The van der Waals surface area contributed by atoms with Crippen LogP contribution >= 0.6 is 11.3 Å². The van der Waals surface area contributed by atoms with Crippen LogP contribution in [0.2, 0.25) is 0 Å². The second-order valence-electron chi connectivity index (χ2n) is 6.71. The third kappa shape index (κ3) is 4.32. The Morgan fingerprint density at radius 1 is 1.25 bits per heavy atom. The summed E-state index contributed by atoms with van der Waals surface area (Å²) in [7, 11) is 0. The Morgan fingerprint density at radius 3 is 2.54 bits per heavy atom. The number of rotatable bonds is 6. The van der Waals surface area contributed by atoms with Crippen molar-refractivity contribution < 1.29 is 14.3 Å². The van der Waals surface area contributed by atoms with Gasteiger partial charge in [0, 0.05) is 36.3 Å². The molecule has 0 unspecified atom stereocenters. The summed E-state index contributed by atoms with van der Waals surface area (Å²) in [6, 6.07) is 1.79. The van der Waals surface area contributed by atoms with Crippen molar-refractivity contribution in [3.63, 3.8) is 0 Å². The second kappa shape index (κ2) is 9.14. The number of hydrogen-bond acceptors (Lipinski definition) is 7. The van der Waals surface area contributed by atoms with E-state index in [1.165, 1.54) is 11.3 Å². The molecule has 3 rings (SSSR count). The Balaban J connectivity index is 1.68. The van der Waals surface area contributed by atoms with Gasteiger partial charge in [-0.15, -0.1) is 11.3 Å². The highest BCUT2D eigenvalue weighted by molar-refractivity contribution is 7.16. The van der Waals surface area contributed by atoms with Crippen molar-refractivity contribution in [1.82, 2.24) is 9.97 Å². The number of thiophene rings is 1. The number of nitrogens with one attached hydrogen (secondary N) is 1. The number of ether oxygens (including phenoxy) is 1. The van der Waals surface area contributed by atoms with Crippen molar-refractivity contribution in [3.8, 4) is 0 Å². The summed E-state index contributed by atoms with van der Waals surface area (Å²) >= 11 is 1.45. The fourth-order valence-electron chi connectivity index (χ4n) is 3.52. The molecule has 1 fully saturated rings. The molecule has 2 aromatic rings. The van der Waals surface area contributed by atoms with Crippen LogP contribution in [0.1, 0.15) is 47.5 Å². The summed E-state index contributed by atoms with van der Waals surface area (Å²) in [6.07, 6.45) is 5.63. The number of anilines is 2. The van der Waals surface area contributed by atoms with E-state index in [9.17, 15) is 9.59 Å². The minimum Gasteiger partial charge on any atom is -0.462 e. The van der Waals surface area contributed by atoms with E-state index in [1.807, 2.05) is 13.8 Å². The lowest BCUT2D eigenvalue weighted by atomic mass is 9.96. The monoisotopic (exact) mass is 402 g/mol. The maximum Gasteiger partial charge on any atom is 0.341 e. The zero-order chi connectivity index (χ0) is 20.1. The molecule has 28 heavy (non-hydrogen) atoms. The third-order valence-corrected chi connectivity index (χ3v) is 6.04. The molecule has 2 aromatic heterocycles. The van der Waals surface area contributed by atoms with E-state index in [0.29, 0.717) is 23.1 Å². The second-order valence-corrected chi connectivity index (χ2v) is 7.94. The van der Waals surface area contributed by atoms with Gasteiger partial charge in [0.25, 0.3) is 0 Å². The van der Waals surface area contributed by atoms with Gasteiger partial charge in [-0.2, -0.15) is 0 Å². The molecule has 0 saturated carbocycles. The first kappa shape index (κ1) is 20.3. The lowest BCUT2D eigenvalue weighted by Gasteiger charge is -2.31. The van der Waals surface area contributed by atoms with Crippen LogP contribution in [-0.2, 0) is 16.0 Å². The Hall–Kier alpha value is -2.48. The van der Waals surface area contributed by atoms with Crippen molar-refractivity contribution in [2.75, 3.05) is 29.9 Å². The summed E-state index contributed by atoms with van der Waals surface area (Å²) in [6.45, 7) is 7.54. The average Bonchev–Trinajstić information content (AvgIpc) is 3.03. The molecule has 3 heterocycles. The van der Waals surface area contributed by atoms with Gasteiger partial charge < -0.3 is 15.0 Å². The largest absolute Gasteiger partial charge is 0.462 e. The van der Waals surface area contributed by atoms with Crippen LogP contribution in [0.4, 0.5) is 10.9 Å². The smallest absolute Gasteiger partial charge is 0.341 e. The van der Waals surface area contributed by atoms with Crippen LogP contribution < -0.4 is 10.2 Å². The minimum absolute atomic E-state index is 0.0388. The van der Waals surface area contributed by atoms with E-state index in [-0.39, 0.29) is 17.8 Å². The molecule has 7 nitrogen and oxygen atoms in total. The molecule has 1 N–H and O–H groups in total. The first-order valence-corrected chi connectivity index (χ1v) is 10.5. The van der Waals surface area contributed by atoms with Gasteiger partial charge in [-0.25, -0.2) is 14.8 Å². The standard InChI is InChI=1S/C20H26N4O3S/c1-4-15-13(3)28-18(16(15)19(26)27-5-2)23-17(25)14-7-11-24(12-8-14)20-21-9-6-10-22-20/h6,9-10,14H,4-5,7-8,11-12H2,1-3H3,(H,23,25). The topological polar surface area (TPSA) is 84.4 Å². The van der Waals surface area contributed by atoms with Gasteiger partial charge >= 0.3 is 5.97 Å². The first-order chi connectivity index (χ1) is 13.5. The number of carbonyl (C=O) groups excluding carboxylic acids is 2. The molecule has 1 saturated heterocycles. The summed E-state index contributed by atoms with van der Waals surface area (Å²) in [5.41, 5.74) is 1.46. The number of piperidine rings is 1. The van der Waals surface area contributed by atoms with E-state index in [4.69, 9.17) is 4.74 Å². The SMILES string of the molecule is CCOC(=O)c1c(NC(=O)C2CCN(c3ncccn3)CC2)sc(C)c1CC. The van der Waals surface area contributed by atoms with Crippen LogP contribution in [0, 0.1) is 12.8 Å². The summed E-state index contributed by atoms with van der Waals surface area (Å²) in [5.74, 6) is 0.202. The normalized spacial score (nSPS) is 14.8.